The van der Waals surface area contributed by atoms with Crippen molar-refractivity contribution in [2.24, 2.45) is 17.6 Å². The smallest absolute Gasteiger partial charge is 0.255 e. The first-order valence-corrected chi connectivity index (χ1v) is 12.6. The normalized spacial score (nSPS) is 29.1. The number of fused-ring (bicyclic) bond motifs is 3. The molecule has 2 aromatic rings. The Hall–Kier alpha value is -4.13. The molecule has 1 unspecified atom stereocenters. The number of carbonyl (C=O) groups excluding carboxylic acids is 3. The molecule has 6 N–H and O–H groups in total. The minimum absolute atomic E-state index is 0.00295. The van der Waals surface area contributed by atoms with E-state index < -0.39 is 58.0 Å². The highest BCUT2D eigenvalue weighted by atomic mass is 16.5. The van der Waals surface area contributed by atoms with Gasteiger partial charge in [0.2, 0.25) is 5.78 Å². The minimum atomic E-state index is -2.69. The molecule has 12 nitrogen and oxygen atoms in total. The van der Waals surface area contributed by atoms with E-state index in [1.165, 1.54) is 6.07 Å². The molecule has 1 aromatic heterocycles. The van der Waals surface area contributed by atoms with Gasteiger partial charge in [-0.2, -0.15) is 0 Å². The van der Waals surface area contributed by atoms with Crippen LogP contribution in [0.5, 0.6) is 5.75 Å². The zero-order valence-corrected chi connectivity index (χ0v) is 20.7. The third-order valence-electron chi connectivity index (χ3n) is 8.29. The van der Waals surface area contributed by atoms with E-state index in [-0.39, 0.29) is 29.7 Å². The Kier molecular flexibility index (Phi) is 5.79. The molecule has 1 aromatic carbocycles. The first-order chi connectivity index (χ1) is 18.7. The SMILES string of the molecule is NC(=O)C1=C(O)[C@@]2(O)C(=O)C3=C(O)c4c(O)ccc(-c5ncccn5)c4C[C@H]3CC2[C@@H](N2CCOCC2)C1=O. The predicted molar refractivity (Wildman–Crippen MR) is 134 cm³/mol. The number of aromatic nitrogens is 2. The van der Waals surface area contributed by atoms with Crippen LogP contribution in [0.4, 0.5) is 0 Å². The number of hydrogen-bond donors (Lipinski definition) is 5. The van der Waals surface area contributed by atoms with Crippen molar-refractivity contribution in [3.8, 4) is 17.1 Å². The number of ketones is 2. The molecule has 0 radical (unpaired) electrons. The predicted octanol–water partition coefficient (Wildman–Crippen LogP) is 0.192. The number of nitrogens with two attached hydrogens (primary N) is 1. The summed E-state index contributed by atoms with van der Waals surface area (Å²) in [6.07, 6.45) is 3.28. The number of carbonyl (C=O) groups is 3. The first-order valence-electron chi connectivity index (χ1n) is 12.6. The average molecular weight is 535 g/mol. The molecule has 1 saturated carbocycles. The maximum absolute atomic E-state index is 14.0. The number of Topliss-reactive ketones (excluding diaryl/α,β-unsaturated/α-hetero) is 2. The lowest BCUT2D eigenvalue weighted by atomic mass is 9.57. The quantitative estimate of drug-likeness (QED) is 0.337. The summed E-state index contributed by atoms with van der Waals surface area (Å²) in [6, 6.07) is 3.49. The maximum atomic E-state index is 14.0. The summed E-state index contributed by atoms with van der Waals surface area (Å²) in [7, 11) is 0. The van der Waals surface area contributed by atoms with E-state index in [0.29, 0.717) is 43.3 Å². The Morgan fingerprint density at radius 2 is 1.79 bits per heavy atom. The number of aromatic hydroxyl groups is 1. The molecular weight excluding hydrogens is 508 g/mol. The number of phenols is 1. The highest BCUT2D eigenvalue weighted by molar-refractivity contribution is 6.24. The van der Waals surface area contributed by atoms with Gasteiger partial charge in [0, 0.05) is 42.5 Å². The number of benzene rings is 1. The molecule has 39 heavy (non-hydrogen) atoms. The number of nitrogens with zero attached hydrogens (tertiary/aromatic N) is 3. The van der Waals surface area contributed by atoms with Gasteiger partial charge in [-0.25, -0.2) is 9.97 Å². The topological polar surface area (TPSA) is 196 Å². The van der Waals surface area contributed by atoms with Gasteiger partial charge >= 0.3 is 0 Å². The third-order valence-corrected chi connectivity index (χ3v) is 8.29. The van der Waals surface area contributed by atoms with Crippen molar-refractivity contribution in [1.29, 1.82) is 0 Å². The van der Waals surface area contributed by atoms with Crippen molar-refractivity contribution < 1.29 is 39.5 Å². The molecule has 2 fully saturated rings. The molecule has 4 aliphatic rings. The maximum Gasteiger partial charge on any atom is 0.255 e. The van der Waals surface area contributed by atoms with E-state index in [1.807, 2.05) is 0 Å². The van der Waals surface area contributed by atoms with Gasteiger partial charge in [-0.15, -0.1) is 0 Å². The van der Waals surface area contributed by atoms with E-state index in [9.17, 15) is 34.8 Å². The number of hydrogen-bond acceptors (Lipinski definition) is 11. The molecule has 202 valence electrons. The summed E-state index contributed by atoms with van der Waals surface area (Å²) >= 11 is 0. The number of aliphatic hydroxyl groups is 3. The molecule has 12 heteroatoms. The van der Waals surface area contributed by atoms with Crippen LogP contribution in [-0.4, -0.2) is 90.7 Å². The van der Waals surface area contributed by atoms with Crippen LogP contribution < -0.4 is 5.73 Å². The molecule has 1 aliphatic heterocycles. The second-order valence-corrected chi connectivity index (χ2v) is 10.2. The molecule has 6 rings (SSSR count). The fraction of sp³-hybridized carbons (Fsp3) is 0.370. The van der Waals surface area contributed by atoms with Gasteiger partial charge in [-0.1, -0.05) is 0 Å². The van der Waals surface area contributed by atoms with Gasteiger partial charge in [0.1, 0.15) is 22.8 Å². The Balaban J connectivity index is 1.55. The zero-order valence-electron chi connectivity index (χ0n) is 20.7. The van der Waals surface area contributed by atoms with Crippen molar-refractivity contribution in [1.82, 2.24) is 14.9 Å². The summed E-state index contributed by atoms with van der Waals surface area (Å²) in [4.78, 5) is 50.1. The molecule has 0 bridgehead atoms. The van der Waals surface area contributed by atoms with E-state index in [1.54, 1.807) is 29.4 Å². The van der Waals surface area contributed by atoms with E-state index in [4.69, 9.17) is 10.5 Å². The number of morpholine rings is 1. The monoisotopic (exact) mass is 534 g/mol. The van der Waals surface area contributed by atoms with Crippen molar-refractivity contribution in [3.63, 3.8) is 0 Å². The van der Waals surface area contributed by atoms with E-state index in [0.717, 1.165) is 0 Å². The van der Waals surface area contributed by atoms with Gasteiger partial charge in [0.05, 0.1) is 24.8 Å². The van der Waals surface area contributed by atoms with Crippen LogP contribution in [0.15, 0.2) is 47.5 Å². The molecular formula is C27H26N4O8. The van der Waals surface area contributed by atoms with Gasteiger partial charge in [0.25, 0.3) is 5.91 Å². The van der Waals surface area contributed by atoms with E-state index >= 15 is 0 Å². The summed E-state index contributed by atoms with van der Waals surface area (Å²) in [5.74, 6) is -6.51. The van der Waals surface area contributed by atoms with Gasteiger partial charge in [-0.05, 0) is 42.5 Å². The Morgan fingerprint density at radius 3 is 2.46 bits per heavy atom. The summed E-state index contributed by atoms with van der Waals surface area (Å²) in [6.45, 7) is 1.20. The number of amides is 1. The molecule has 4 atom stereocenters. The second-order valence-electron chi connectivity index (χ2n) is 10.2. The van der Waals surface area contributed by atoms with Gasteiger partial charge in [-0.3, -0.25) is 19.3 Å². The molecule has 1 amide bonds. The largest absolute Gasteiger partial charge is 0.508 e. The van der Waals surface area contributed by atoms with Crippen LogP contribution in [0.1, 0.15) is 17.5 Å². The average Bonchev–Trinajstić information content (AvgIpc) is 2.92. The van der Waals surface area contributed by atoms with Crippen molar-refractivity contribution in [2.75, 3.05) is 26.3 Å². The standard InChI is InChI=1S/C27H26N4O8/c28-25(37)19-22(34)20(31-6-8-39-9-7-31)15-11-12-10-14-13(26-29-4-1-5-30-26)2-3-16(32)18(14)21(33)17(12)23(35)27(15,38)24(19)36/h1-5,12,15,20,32-33,36,38H,6-11H2,(H2,28,37)/t12-,15?,20+,27-/m0/s1. The fourth-order valence-corrected chi connectivity index (χ4v) is 6.57. The number of aliphatic hydroxyl groups excluding tert-OH is 2. The Bertz CT molecular complexity index is 1480. The highest BCUT2D eigenvalue weighted by Gasteiger charge is 2.64. The molecule has 3 aliphatic carbocycles. The number of phenolic OH excluding ortho intramolecular Hbond substituents is 1. The molecule has 2 heterocycles. The number of rotatable bonds is 3. The minimum Gasteiger partial charge on any atom is -0.508 e. The van der Waals surface area contributed by atoms with Crippen molar-refractivity contribution in [2.45, 2.75) is 24.5 Å². The lowest BCUT2D eigenvalue weighted by molar-refractivity contribution is -0.157. The van der Waals surface area contributed by atoms with Crippen molar-refractivity contribution in [3.05, 3.63) is 58.6 Å². The van der Waals surface area contributed by atoms with Crippen LogP contribution in [0.25, 0.3) is 17.1 Å². The van der Waals surface area contributed by atoms with Gasteiger partial charge < -0.3 is 30.9 Å². The molecule has 0 spiro atoms. The Labute approximate surface area is 222 Å². The van der Waals surface area contributed by atoms with Gasteiger partial charge in [0.15, 0.2) is 17.2 Å². The van der Waals surface area contributed by atoms with Crippen LogP contribution in [-0.2, 0) is 25.5 Å². The van der Waals surface area contributed by atoms with Crippen LogP contribution >= 0.6 is 0 Å². The summed E-state index contributed by atoms with van der Waals surface area (Å²) < 4.78 is 5.40. The lowest BCUT2D eigenvalue weighted by Gasteiger charge is -2.51. The van der Waals surface area contributed by atoms with Crippen molar-refractivity contribution >= 4 is 23.2 Å². The number of primary amides is 1. The lowest BCUT2D eigenvalue weighted by Crippen LogP contribution is -2.67. The third kappa shape index (κ3) is 3.52. The summed E-state index contributed by atoms with van der Waals surface area (Å²) in [5, 5.41) is 45.0. The van der Waals surface area contributed by atoms with E-state index in [2.05, 4.69) is 9.97 Å². The van der Waals surface area contributed by atoms with Crippen LogP contribution in [0.3, 0.4) is 0 Å². The Morgan fingerprint density at radius 1 is 1.10 bits per heavy atom. The number of ether oxygens (including phenoxy) is 1. The second kappa shape index (κ2) is 8.97. The highest BCUT2D eigenvalue weighted by Crippen LogP contribution is 2.53. The fourth-order valence-electron chi connectivity index (χ4n) is 6.57. The zero-order chi connectivity index (χ0) is 27.6. The van der Waals surface area contributed by atoms with Crippen LogP contribution in [0.2, 0.25) is 0 Å². The first kappa shape index (κ1) is 25.2. The summed E-state index contributed by atoms with van der Waals surface area (Å²) in [5.41, 5.74) is 2.76. The molecule has 1 saturated heterocycles. The van der Waals surface area contributed by atoms with Crippen LogP contribution in [0, 0.1) is 11.8 Å².